The van der Waals surface area contributed by atoms with Crippen molar-refractivity contribution in [1.82, 2.24) is 4.98 Å². The molecule has 1 aromatic carbocycles. The van der Waals surface area contributed by atoms with Crippen molar-refractivity contribution >= 4 is 22.4 Å². The molecule has 20 heavy (non-hydrogen) atoms. The SMILES string of the molecule is O=C(O)Cc1csc(NC2CCOc3ccccc32)n1. The molecule has 3 rings (SSSR count). The topological polar surface area (TPSA) is 71.5 Å². The lowest BCUT2D eigenvalue weighted by Gasteiger charge is -2.26. The van der Waals surface area contributed by atoms with Crippen LogP contribution in [0.25, 0.3) is 0 Å². The number of ether oxygens (including phenoxy) is 1. The molecule has 6 heteroatoms. The Bertz CT molecular complexity index is 626. The summed E-state index contributed by atoms with van der Waals surface area (Å²) in [6, 6.07) is 8.10. The van der Waals surface area contributed by atoms with Crippen LogP contribution in [0.1, 0.15) is 23.7 Å². The number of nitrogens with one attached hydrogen (secondary N) is 1. The minimum atomic E-state index is -0.863. The van der Waals surface area contributed by atoms with Gasteiger partial charge in [-0.1, -0.05) is 18.2 Å². The normalized spacial score (nSPS) is 17.1. The molecule has 104 valence electrons. The highest BCUT2D eigenvalue weighted by Gasteiger charge is 2.21. The van der Waals surface area contributed by atoms with Crippen LogP contribution in [-0.4, -0.2) is 22.7 Å². The number of rotatable bonds is 4. The average molecular weight is 290 g/mol. The number of hydrogen-bond acceptors (Lipinski definition) is 5. The van der Waals surface area contributed by atoms with Gasteiger partial charge in [-0.25, -0.2) is 4.98 Å². The first-order valence-corrected chi connectivity index (χ1v) is 7.25. The lowest BCUT2D eigenvalue weighted by atomic mass is 10.0. The van der Waals surface area contributed by atoms with Gasteiger partial charge in [-0.3, -0.25) is 4.79 Å². The van der Waals surface area contributed by atoms with Crippen molar-refractivity contribution in [1.29, 1.82) is 0 Å². The Morgan fingerprint density at radius 1 is 1.50 bits per heavy atom. The van der Waals surface area contributed by atoms with Gasteiger partial charge in [0.05, 0.1) is 24.8 Å². The molecule has 0 aliphatic carbocycles. The summed E-state index contributed by atoms with van der Waals surface area (Å²) in [4.78, 5) is 15.0. The molecule has 0 spiro atoms. The molecule has 0 saturated carbocycles. The van der Waals surface area contributed by atoms with Crippen LogP contribution in [0, 0.1) is 0 Å². The van der Waals surface area contributed by atoms with E-state index in [9.17, 15) is 4.79 Å². The van der Waals surface area contributed by atoms with Gasteiger partial charge in [-0.2, -0.15) is 0 Å². The number of para-hydroxylation sites is 1. The van der Waals surface area contributed by atoms with Crippen molar-refractivity contribution in [2.75, 3.05) is 11.9 Å². The molecule has 1 aromatic heterocycles. The molecule has 2 aromatic rings. The Labute approximate surface area is 120 Å². The van der Waals surface area contributed by atoms with E-state index < -0.39 is 5.97 Å². The molecule has 1 aliphatic heterocycles. The van der Waals surface area contributed by atoms with E-state index in [1.165, 1.54) is 11.3 Å². The third-order valence-corrected chi connectivity index (χ3v) is 3.96. The first-order valence-electron chi connectivity index (χ1n) is 6.37. The number of aromatic nitrogens is 1. The molecule has 0 fully saturated rings. The number of anilines is 1. The van der Waals surface area contributed by atoms with E-state index >= 15 is 0 Å². The molecule has 0 radical (unpaired) electrons. The molecular formula is C14H14N2O3S. The van der Waals surface area contributed by atoms with Crippen molar-refractivity contribution in [2.45, 2.75) is 18.9 Å². The van der Waals surface area contributed by atoms with E-state index in [1.807, 2.05) is 24.3 Å². The maximum atomic E-state index is 10.7. The maximum absolute atomic E-state index is 10.7. The van der Waals surface area contributed by atoms with E-state index in [0.717, 1.165) is 22.9 Å². The first kappa shape index (κ1) is 12.9. The van der Waals surface area contributed by atoms with Gasteiger partial charge in [0.2, 0.25) is 0 Å². The van der Waals surface area contributed by atoms with Gasteiger partial charge >= 0.3 is 5.97 Å². The number of carboxylic acid groups (broad SMARTS) is 1. The number of aliphatic carboxylic acids is 1. The Balaban J connectivity index is 1.75. The fraction of sp³-hybridized carbons (Fsp3) is 0.286. The van der Waals surface area contributed by atoms with E-state index in [2.05, 4.69) is 10.3 Å². The molecule has 5 nitrogen and oxygen atoms in total. The Morgan fingerprint density at radius 3 is 3.20 bits per heavy atom. The fourth-order valence-corrected chi connectivity index (χ4v) is 3.01. The second kappa shape index (κ2) is 5.50. The predicted molar refractivity (Wildman–Crippen MR) is 76.4 cm³/mol. The summed E-state index contributed by atoms with van der Waals surface area (Å²) in [5, 5.41) is 14.7. The summed E-state index contributed by atoms with van der Waals surface area (Å²) >= 11 is 1.43. The van der Waals surface area contributed by atoms with Crippen molar-refractivity contribution in [2.24, 2.45) is 0 Å². The summed E-state index contributed by atoms with van der Waals surface area (Å²) in [5.41, 5.74) is 1.71. The molecule has 1 aliphatic rings. The second-order valence-electron chi connectivity index (χ2n) is 4.59. The Morgan fingerprint density at radius 2 is 2.35 bits per heavy atom. The number of benzene rings is 1. The van der Waals surface area contributed by atoms with Gasteiger partial charge < -0.3 is 15.2 Å². The minimum absolute atomic E-state index is 0.0391. The smallest absolute Gasteiger partial charge is 0.309 e. The Hall–Kier alpha value is -2.08. The molecule has 0 saturated heterocycles. The van der Waals surface area contributed by atoms with Gasteiger partial charge in [-0.15, -0.1) is 11.3 Å². The maximum Gasteiger partial charge on any atom is 0.309 e. The van der Waals surface area contributed by atoms with E-state index in [0.29, 0.717) is 12.3 Å². The van der Waals surface area contributed by atoms with Gasteiger partial charge in [0.1, 0.15) is 5.75 Å². The summed E-state index contributed by atoms with van der Waals surface area (Å²) in [6.45, 7) is 0.669. The third-order valence-electron chi connectivity index (χ3n) is 3.14. The number of fused-ring (bicyclic) bond motifs is 1. The van der Waals surface area contributed by atoms with Crippen LogP contribution in [0.15, 0.2) is 29.6 Å². The van der Waals surface area contributed by atoms with Crippen LogP contribution in [0.3, 0.4) is 0 Å². The van der Waals surface area contributed by atoms with Gasteiger partial charge in [0, 0.05) is 17.4 Å². The third kappa shape index (κ3) is 2.75. The van der Waals surface area contributed by atoms with Crippen LogP contribution < -0.4 is 10.1 Å². The largest absolute Gasteiger partial charge is 0.493 e. The zero-order valence-corrected chi connectivity index (χ0v) is 11.5. The van der Waals surface area contributed by atoms with Crippen LogP contribution in [0.5, 0.6) is 5.75 Å². The summed E-state index contributed by atoms with van der Waals surface area (Å²) < 4.78 is 5.61. The number of carbonyl (C=O) groups is 1. The van der Waals surface area contributed by atoms with Crippen molar-refractivity contribution in [3.63, 3.8) is 0 Å². The van der Waals surface area contributed by atoms with Crippen LogP contribution in [0.4, 0.5) is 5.13 Å². The monoisotopic (exact) mass is 290 g/mol. The average Bonchev–Trinajstić information content (AvgIpc) is 2.86. The highest BCUT2D eigenvalue weighted by molar-refractivity contribution is 7.13. The summed E-state index contributed by atoms with van der Waals surface area (Å²) in [6.07, 6.45) is 0.827. The van der Waals surface area contributed by atoms with Gasteiger partial charge in [0.25, 0.3) is 0 Å². The van der Waals surface area contributed by atoms with E-state index in [-0.39, 0.29) is 12.5 Å². The molecule has 0 amide bonds. The number of carboxylic acids is 1. The number of thiazole rings is 1. The van der Waals surface area contributed by atoms with Crippen molar-refractivity contribution < 1.29 is 14.6 Å². The molecule has 0 bridgehead atoms. The number of hydrogen-bond donors (Lipinski definition) is 2. The summed E-state index contributed by atoms with van der Waals surface area (Å²) in [7, 11) is 0. The highest BCUT2D eigenvalue weighted by atomic mass is 32.1. The fourth-order valence-electron chi connectivity index (χ4n) is 2.25. The highest BCUT2D eigenvalue weighted by Crippen LogP contribution is 2.34. The number of nitrogens with zero attached hydrogens (tertiary/aromatic N) is 1. The molecule has 1 unspecified atom stereocenters. The van der Waals surface area contributed by atoms with Crippen LogP contribution in [-0.2, 0) is 11.2 Å². The van der Waals surface area contributed by atoms with Crippen molar-refractivity contribution in [3.05, 3.63) is 40.9 Å². The van der Waals surface area contributed by atoms with Gasteiger partial charge in [-0.05, 0) is 6.07 Å². The second-order valence-corrected chi connectivity index (χ2v) is 5.44. The first-order chi connectivity index (χ1) is 9.72. The predicted octanol–water partition coefficient (Wildman–Crippen LogP) is 2.71. The van der Waals surface area contributed by atoms with Crippen molar-refractivity contribution in [3.8, 4) is 5.75 Å². The standard InChI is InChI=1S/C14H14N2O3S/c17-13(18)7-9-8-20-14(15-9)16-11-5-6-19-12-4-2-1-3-10(11)12/h1-4,8,11H,5-7H2,(H,15,16)(H,17,18). The van der Waals surface area contributed by atoms with Gasteiger partial charge in [0.15, 0.2) is 5.13 Å². The van der Waals surface area contributed by atoms with E-state index in [1.54, 1.807) is 5.38 Å². The zero-order valence-electron chi connectivity index (χ0n) is 10.7. The quantitative estimate of drug-likeness (QED) is 0.906. The minimum Gasteiger partial charge on any atom is -0.493 e. The lowest BCUT2D eigenvalue weighted by molar-refractivity contribution is -0.136. The van der Waals surface area contributed by atoms with Crippen LogP contribution >= 0.6 is 11.3 Å². The molecule has 2 heterocycles. The molecular weight excluding hydrogens is 276 g/mol. The lowest BCUT2D eigenvalue weighted by Crippen LogP contribution is -2.20. The zero-order chi connectivity index (χ0) is 13.9. The molecule has 1 atom stereocenters. The Kier molecular flexibility index (Phi) is 3.56. The summed E-state index contributed by atoms with van der Waals surface area (Å²) in [5.74, 6) is 0.0387. The van der Waals surface area contributed by atoms with E-state index in [4.69, 9.17) is 9.84 Å². The molecule has 2 N–H and O–H groups in total. The van der Waals surface area contributed by atoms with Crippen LogP contribution in [0.2, 0.25) is 0 Å².